The van der Waals surface area contributed by atoms with E-state index < -0.39 is 17.5 Å². The van der Waals surface area contributed by atoms with Gasteiger partial charge in [-0.05, 0) is 43.2 Å². The Hall–Kier alpha value is -1.84. The molecule has 0 spiro atoms. The van der Waals surface area contributed by atoms with Gasteiger partial charge in [0.1, 0.15) is 11.6 Å². The van der Waals surface area contributed by atoms with E-state index in [9.17, 15) is 13.6 Å². The second kappa shape index (κ2) is 10.9. The maximum atomic E-state index is 14.4. The average molecular weight is 502 g/mol. The van der Waals surface area contributed by atoms with Gasteiger partial charge in [0.2, 0.25) is 0 Å². The van der Waals surface area contributed by atoms with Crippen molar-refractivity contribution in [1.82, 2.24) is 9.88 Å². The van der Waals surface area contributed by atoms with Gasteiger partial charge in [-0.1, -0.05) is 22.9 Å². The van der Waals surface area contributed by atoms with Crippen LogP contribution < -0.4 is 4.90 Å². The molecule has 1 saturated heterocycles. The molecule has 5 nitrogen and oxygen atoms in total. The Morgan fingerprint density at radius 1 is 1.25 bits per heavy atom. The predicted molar refractivity (Wildman–Crippen MR) is 127 cm³/mol. The van der Waals surface area contributed by atoms with E-state index in [1.165, 1.54) is 22.3 Å². The van der Waals surface area contributed by atoms with Crippen molar-refractivity contribution in [3.05, 3.63) is 58.1 Å². The number of nitrogens with zero attached hydrogens (tertiary/aromatic N) is 3. The van der Waals surface area contributed by atoms with Gasteiger partial charge in [-0.25, -0.2) is 13.8 Å². The van der Waals surface area contributed by atoms with Crippen molar-refractivity contribution < 1.29 is 18.3 Å². The summed E-state index contributed by atoms with van der Waals surface area (Å²) in [6, 6.07) is 6.65. The fourth-order valence-electron chi connectivity index (χ4n) is 3.57. The summed E-state index contributed by atoms with van der Waals surface area (Å²) in [6.07, 6.45) is 0.685. The van der Waals surface area contributed by atoms with Crippen molar-refractivity contribution in [2.24, 2.45) is 0 Å². The molecule has 1 aliphatic rings. The van der Waals surface area contributed by atoms with E-state index in [2.05, 4.69) is 9.88 Å². The van der Waals surface area contributed by atoms with Gasteiger partial charge in [-0.3, -0.25) is 14.6 Å². The molecule has 1 amide bonds. The summed E-state index contributed by atoms with van der Waals surface area (Å²) in [5.41, 5.74) is 1.37. The van der Waals surface area contributed by atoms with E-state index in [1.54, 1.807) is 6.07 Å². The number of carbonyl (C=O) groups excluding carboxylic acids is 1. The van der Waals surface area contributed by atoms with E-state index in [1.807, 2.05) is 13.0 Å². The summed E-state index contributed by atoms with van der Waals surface area (Å²) >= 11 is 7.57. The van der Waals surface area contributed by atoms with Crippen LogP contribution in [0.25, 0.3) is 10.2 Å². The molecule has 0 bridgehead atoms. The average Bonchev–Trinajstić information content (AvgIpc) is 3.19. The van der Waals surface area contributed by atoms with Crippen LogP contribution in [0.2, 0.25) is 5.02 Å². The molecule has 172 valence electrons. The van der Waals surface area contributed by atoms with Crippen LogP contribution in [0.4, 0.5) is 13.9 Å². The molecule has 0 unspecified atom stereocenters. The van der Waals surface area contributed by atoms with E-state index in [0.29, 0.717) is 36.3 Å². The quantitative estimate of drug-likeness (QED) is 0.458. The number of aryl methyl sites for hydroxylation is 1. The Morgan fingerprint density at radius 2 is 2.00 bits per heavy atom. The summed E-state index contributed by atoms with van der Waals surface area (Å²) in [7, 11) is 0. The van der Waals surface area contributed by atoms with Crippen molar-refractivity contribution in [3.8, 4) is 0 Å². The van der Waals surface area contributed by atoms with E-state index in [0.717, 1.165) is 47.5 Å². The number of hydrogen-bond acceptors (Lipinski definition) is 5. The molecule has 3 aromatic rings. The second-order valence-electron chi connectivity index (χ2n) is 7.40. The lowest BCUT2D eigenvalue weighted by Crippen LogP contribution is -2.39. The van der Waals surface area contributed by atoms with Crippen LogP contribution >= 0.6 is 35.3 Å². The van der Waals surface area contributed by atoms with Gasteiger partial charge in [-0.2, -0.15) is 0 Å². The number of aromatic nitrogens is 1. The van der Waals surface area contributed by atoms with Crippen molar-refractivity contribution in [2.75, 3.05) is 44.3 Å². The summed E-state index contributed by atoms with van der Waals surface area (Å²) in [5, 5.41) is 1.06. The van der Waals surface area contributed by atoms with Gasteiger partial charge in [0.15, 0.2) is 5.13 Å². The van der Waals surface area contributed by atoms with E-state index in [-0.39, 0.29) is 18.0 Å². The van der Waals surface area contributed by atoms with Crippen molar-refractivity contribution in [2.45, 2.75) is 13.3 Å². The van der Waals surface area contributed by atoms with E-state index >= 15 is 0 Å². The minimum atomic E-state index is -0.886. The highest BCUT2D eigenvalue weighted by Crippen LogP contribution is 2.34. The molecule has 1 aromatic heterocycles. The molecule has 0 aliphatic carbocycles. The largest absolute Gasteiger partial charge is 0.379 e. The van der Waals surface area contributed by atoms with Crippen molar-refractivity contribution in [1.29, 1.82) is 0 Å². The number of morpholine rings is 1. The van der Waals surface area contributed by atoms with Gasteiger partial charge >= 0.3 is 0 Å². The summed E-state index contributed by atoms with van der Waals surface area (Å²) in [6.45, 7) is 6.11. The Morgan fingerprint density at radius 3 is 2.72 bits per heavy atom. The minimum Gasteiger partial charge on any atom is -0.379 e. The Labute approximate surface area is 200 Å². The van der Waals surface area contributed by atoms with E-state index in [4.69, 9.17) is 16.3 Å². The number of benzene rings is 2. The Kier molecular flexibility index (Phi) is 8.41. The number of anilines is 1. The van der Waals surface area contributed by atoms with Gasteiger partial charge < -0.3 is 4.74 Å². The third-order valence-corrected chi connectivity index (χ3v) is 6.79. The molecule has 2 heterocycles. The van der Waals surface area contributed by atoms with Crippen LogP contribution in [-0.2, 0) is 4.74 Å². The lowest BCUT2D eigenvalue weighted by molar-refractivity contribution is 0.0376. The molecule has 0 radical (unpaired) electrons. The fourth-order valence-corrected chi connectivity index (χ4v) is 4.78. The monoisotopic (exact) mass is 501 g/mol. The van der Waals surface area contributed by atoms with Crippen LogP contribution in [0.5, 0.6) is 0 Å². The first kappa shape index (κ1) is 24.8. The number of amides is 1. The Bertz CT molecular complexity index is 1110. The van der Waals surface area contributed by atoms with Crippen LogP contribution in [0.3, 0.4) is 0 Å². The molecule has 1 aliphatic heterocycles. The maximum Gasteiger partial charge on any atom is 0.263 e. The summed E-state index contributed by atoms with van der Waals surface area (Å²) < 4.78 is 34.0. The van der Waals surface area contributed by atoms with Crippen LogP contribution in [0.1, 0.15) is 22.3 Å². The number of halogens is 4. The lowest BCUT2D eigenvalue weighted by Gasteiger charge is -2.27. The molecule has 0 saturated carbocycles. The third kappa shape index (κ3) is 5.38. The van der Waals surface area contributed by atoms with Crippen LogP contribution in [-0.4, -0.2) is 55.2 Å². The molecule has 0 atom stereocenters. The maximum absolute atomic E-state index is 14.4. The highest BCUT2D eigenvalue weighted by molar-refractivity contribution is 7.22. The lowest BCUT2D eigenvalue weighted by atomic mass is 10.1. The fraction of sp³-hybridized carbons (Fsp3) is 0.364. The first-order chi connectivity index (χ1) is 14.9. The zero-order valence-corrected chi connectivity index (χ0v) is 19.8. The summed E-state index contributed by atoms with van der Waals surface area (Å²) in [4.78, 5) is 21.7. The number of ether oxygens (including phenoxy) is 1. The number of thiazole rings is 1. The van der Waals surface area contributed by atoms with Crippen LogP contribution in [0.15, 0.2) is 30.3 Å². The molecular weight excluding hydrogens is 479 g/mol. The highest BCUT2D eigenvalue weighted by Gasteiger charge is 2.25. The smallest absolute Gasteiger partial charge is 0.263 e. The highest BCUT2D eigenvalue weighted by atomic mass is 35.5. The predicted octanol–water partition coefficient (Wildman–Crippen LogP) is 5.33. The minimum absolute atomic E-state index is 0. The van der Waals surface area contributed by atoms with Gasteiger partial charge in [-0.15, -0.1) is 12.4 Å². The van der Waals surface area contributed by atoms with Crippen molar-refractivity contribution >= 4 is 56.6 Å². The first-order valence-electron chi connectivity index (χ1n) is 10.1. The number of carbonyl (C=O) groups is 1. The SMILES string of the molecule is Cc1c(Cl)ccc2sc(N(CCCN3CCOCC3)C(=O)c3ccc(F)cc3F)nc12.Cl. The normalized spacial score (nSPS) is 14.4. The molecule has 1 fully saturated rings. The summed E-state index contributed by atoms with van der Waals surface area (Å²) in [5.74, 6) is -2.15. The first-order valence-corrected chi connectivity index (χ1v) is 11.3. The topological polar surface area (TPSA) is 45.7 Å². The molecule has 2 aromatic carbocycles. The van der Waals surface area contributed by atoms with Crippen molar-refractivity contribution in [3.63, 3.8) is 0 Å². The van der Waals surface area contributed by atoms with Gasteiger partial charge in [0, 0.05) is 37.3 Å². The standard InChI is InChI=1S/C22H22ClF2N3O2S.ClH/c1-14-17(23)5-6-19-20(14)26-22(31-19)28(8-2-7-27-9-11-30-12-10-27)21(29)16-4-3-15(24)13-18(16)25;/h3-6,13H,2,7-12H2,1H3;1H. The van der Waals surface area contributed by atoms with Gasteiger partial charge in [0.05, 0.1) is 29.0 Å². The number of rotatable bonds is 6. The van der Waals surface area contributed by atoms with Crippen LogP contribution in [0, 0.1) is 18.6 Å². The second-order valence-corrected chi connectivity index (χ2v) is 8.82. The zero-order valence-electron chi connectivity index (χ0n) is 17.4. The third-order valence-electron chi connectivity index (χ3n) is 5.33. The molecule has 32 heavy (non-hydrogen) atoms. The number of hydrogen-bond donors (Lipinski definition) is 0. The molecule has 4 rings (SSSR count). The molecule has 0 N–H and O–H groups in total. The number of fused-ring (bicyclic) bond motifs is 1. The Balaban J connectivity index is 0.00000289. The molecular formula is C22H23Cl2F2N3O2S. The zero-order chi connectivity index (χ0) is 22.0. The molecule has 10 heteroatoms. The van der Waals surface area contributed by atoms with Gasteiger partial charge in [0.25, 0.3) is 5.91 Å².